The van der Waals surface area contributed by atoms with Crippen molar-refractivity contribution in [2.75, 3.05) is 12.0 Å². The van der Waals surface area contributed by atoms with Crippen molar-refractivity contribution in [2.45, 2.75) is 19.4 Å². The third-order valence-electron chi connectivity index (χ3n) is 4.79. The zero-order valence-corrected chi connectivity index (χ0v) is 15.1. The van der Waals surface area contributed by atoms with E-state index in [-0.39, 0.29) is 17.6 Å². The van der Waals surface area contributed by atoms with Crippen LogP contribution in [0.15, 0.2) is 59.4 Å². The van der Waals surface area contributed by atoms with Gasteiger partial charge in [-0.3, -0.25) is 4.79 Å². The fraction of sp³-hybridized carbons (Fsp3) is 0.190. The zero-order chi connectivity index (χ0) is 19.0. The third kappa shape index (κ3) is 3.10. The van der Waals surface area contributed by atoms with Gasteiger partial charge in [0, 0.05) is 17.3 Å². The molecule has 3 aromatic rings. The lowest BCUT2D eigenvalue weighted by molar-refractivity contribution is 0.0976. The molecule has 0 spiro atoms. The number of hydrogen-bond donors (Lipinski definition) is 1. The molecule has 27 heavy (non-hydrogen) atoms. The van der Waals surface area contributed by atoms with Crippen molar-refractivity contribution in [1.29, 1.82) is 0 Å². The van der Waals surface area contributed by atoms with E-state index in [2.05, 4.69) is 9.97 Å². The van der Waals surface area contributed by atoms with E-state index in [1.807, 2.05) is 43.3 Å². The van der Waals surface area contributed by atoms with Crippen LogP contribution in [0, 0.1) is 0 Å². The van der Waals surface area contributed by atoms with Gasteiger partial charge in [-0.05, 0) is 55.3 Å². The highest BCUT2D eigenvalue weighted by Gasteiger charge is 2.31. The van der Waals surface area contributed by atoms with E-state index < -0.39 is 5.69 Å². The highest BCUT2D eigenvalue weighted by molar-refractivity contribution is 6.06. The molecule has 6 nitrogen and oxygen atoms in total. The van der Waals surface area contributed by atoms with Gasteiger partial charge in [0.2, 0.25) is 0 Å². The average Bonchev–Trinajstić information content (AvgIpc) is 3.02. The normalized spacial score (nSPS) is 15.5. The highest BCUT2D eigenvalue weighted by atomic mass is 16.5. The minimum atomic E-state index is -0.549. The van der Waals surface area contributed by atoms with Crippen LogP contribution >= 0.6 is 0 Å². The summed E-state index contributed by atoms with van der Waals surface area (Å²) in [6.45, 7) is 2.00. The molecule has 1 aromatic heterocycles. The maximum Gasteiger partial charge on any atom is 0.346 e. The van der Waals surface area contributed by atoms with Crippen LogP contribution in [0.1, 0.15) is 23.0 Å². The number of benzene rings is 2. The Balaban J connectivity index is 1.73. The van der Waals surface area contributed by atoms with Crippen LogP contribution in [-0.2, 0) is 6.42 Å². The predicted molar refractivity (Wildman–Crippen MR) is 103 cm³/mol. The van der Waals surface area contributed by atoms with Gasteiger partial charge in [0.15, 0.2) is 0 Å². The fourth-order valence-electron chi connectivity index (χ4n) is 3.49. The Morgan fingerprint density at radius 2 is 1.93 bits per heavy atom. The number of nitrogens with one attached hydrogen (secondary N) is 1. The minimum absolute atomic E-state index is 0.0241. The van der Waals surface area contributed by atoms with Crippen LogP contribution in [-0.4, -0.2) is 29.0 Å². The Bertz CT molecular complexity index is 1060. The van der Waals surface area contributed by atoms with Crippen molar-refractivity contribution in [3.05, 3.63) is 76.3 Å². The molecule has 0 saturated heterocycles. The van der Waals surface area contributed by atoms with Gasteiger partial charge < -0.3 is 14.6 Å². The molecule has 136 valence electrons. The van der Waals surface area contributed by atoms with Crippen LogP contribution in [0.25, 0.3) is 11.3 Å². The summed E-state index contributed by atoms with van der Waals surface area (Å²) in [5.41, 5.74) is 2.88. The van der Waals surface area contributed by atoms with Gasteiger partial charge in [0.05, 0.1) is 12.8 Å². The van der Waals surface area contributed by atoms with Crippen LogP contribution in [0.2, 0.25) is 0 Å². The maximum absolute atomic E-state index is 13.2. The molecule has 1 atom stereocenters. The Morgan fingerprint density at radius 1 is 1.19 bits per heavy atom. The molecule has 0 aliphatic carbocycles. The monoisotopic (exact) mass is 361 g/mol. The van der Waals surface area contributed by atoms with Crippen molar-refractivity contribution in [3.8, 4) is 17.0 Å². The molecule has 0 fully saturated rings. The van der Waals surface area contributed by atoms with Gasteiger partial charge in [0.25, 0.3) is 5.91 Å². The summed E-state index contributed by atoms with van der Waals surface area (Å²) in [6.07, 6.45) is 0.794. The van der Waals surface area contributed by atoms with E-state index in [4.69, 9.17) is 4.74 Å². The molecule has 0 bridgehead atoms. The van der Waals surface area contributed by atoms with E-state index in [1.54, 1.807) is 30.2 Å². The second-order valence-corrected chi connectivity index (χ2v) is 6.57. The molecular weight excluding hydrogens is 342 g/mol. The largest absolute Gasteiger partial charge is 0.497 e. The lowest BCUT2D eigenvalue weighted by atomic mass is 10.1. The number of amides is 1. The van der Waals surface area contributed by atoms with Gasteiger partial charge in [-0.1, -0.05) is 18.2 Å². The summed E-state index contributed by atoms with van der Waals surface area (Å²) in [7, 11) is 1.59. The fourth-order valence-corrected chi connectivity index (χ4v) is 3.49. The summed E-state index contributed by atoms with van der Waals surface area (Å²) in [5, 5.41) is 0. The summed E-state index contributed by atoms with van der Waals surface area (Å²) >= 11 is 0. The van der Waals surface area contributed by atoms with Gasteiger partial charge in [0.1, 0.15) is 11.4 Å². The van der Waals surface area contributed by atoms with Crippen LogP contribution < -0.4 is 15.3 Å². The van der Waals surface area contributed by atoms with Gasteiger partial charge in [-0.25, -0.2) is 4.79 Å². The number of H-pyrrole nitrogens is 1. The Labute approximate surface area is 156 Å². The number of carbonyl (C=O) groups is 1. The van der Waals surface area contributed by atoms with Gasteiger partial charge >= 0.3 is 5.69 Å². The van der Waals surface area contributed by atoms with E-state index >= 15 is 0 Å². The lowest BCUT2D eigenvalue weighted by Gasteiger charge is -2.22. The first-order valence-electron chi connectivity index (χ1n) is 8.74. The number of hydrogen-bond acceptors (Lipinski definition) is 4. The number of para-hydroxylation sites is 1. The number of anilines is 1. The molecule has 1 aliphatic rings. The van der Waals surface area contributed by atoms with E-state index in [1.165, 1.54) is 0 Å². The molecule has 2 aromatic carbocycles. The van der Waals surface area contributed by atoms with Crippen molar-refractivity contribution in [1.82, 2.24) is 9.97 Å². The minimum Gasteiger partial charge on any atom is -0.497 e. The number of fused-ring (bicyclic) bond motifs is 1. The van der Waals surface area contributed by atoms with Gasteiger partial charge in [-0.15, -0.1) is 0 Å². The maximum atomic E-state index is 13.2. The van der Waals surface area contributed by atoms with Crippen molar-refractivity contribution >= 4 is 11.6 Å². The molecule has 2 heterocycles. The number of nitrogens with zero attached hydrogens (tertiary/aromatic N) is 2. The number of methoxy groups -OCH3 is 1. The molecule has 6 heteroatoms. The molecule has 1 unspecified atom stereocenters. The van der Waals surface area contributed by atoms with E-state index in [0.29, 0.717) is 11.4 Å². The molecule has 1 amide bonds. The Hall–Kier alpha value is -3.41. The summed E-state index contributed by atoms with van der Waals surface area (Å²) in [5.74, 6) is 0.476. The first-order chi connectivity index (χ1) is 13.1. The quantitative estimate of drug-likeness (QED) is 0.778. The average molecular weight is 361 g/mol. The Kier molecular flexibility index (Phi) is 4.24. The van der Waals surface area contributed by atoms with Crippen molar-refractivity contribution < 1.29 is 9.53 Å². The number of aromatic amines is 1. The third-order valence-corrected chi connectivity index (χ3v) is 4.79. The predicted octanol–water partition coefficient (Wildman–Crippen LogP) is 3.04. The smallest absolute Gasteiger partial charge is 0.346 e. The SMILES string of the molecule is COc1ccc(-c2cc(C(=O)N3c4ccccc4CC3C)[nH]c(=O)n2)cc1. The molecule has 1 aliphatic heterocycles. The summed E-state index contributed by atoms with van der Waals surface area (Å²) < 4.78 is 5.15. The van der Waals surface area contributed by atoms with Crippen LogP contribution in [0.5, 0.6) is 5.75 Å². The lowest BCUT2D eigenvalue weighted by Crippen LogP contribution is -2.37. The Morgan fingerprint density at radius 3 is 2.67 bits per heavy atom. The second-order valence-electron chi connectivity index (χ2n) is 6.57. The van der Waals surface area contributed by atoms with Crippen molar-refractivity contribution in [3.63, 3.8) is 0 Å². The van der Waals surface area contributed by atoms with E-state index in [9.17, 15) is 9.59 Å². The highest BCUT2D eigenvalue weighted by Crippen LogP contribution is 2.33. The topological polar surface area (TPSA) is 75.3 Å². The first kappa shape index (κ1) is 17.0. The molecule has 1 N–H and O–H groups in total. The summed E-state index contributed by atoms with van der Waals surface area (Å²) in [6, 6.07) is 16.7. The van der Waals surface area contributed by atoms with E-state index in [0.717, 1.165) is 23.2 Å². The molecule has 0 radical (unpaired) electrons. The van der Waals surface area contributed by atoms with Crippen LogP contribution in [0.3, 0.4) is 0 Å². The number of ether oxygens (including phenoxy) is 1. The zero-order valence-electron chi connectivity index (χ0n) is 15.1. The number of carbonyl (C=O) groups excluding carboxylic acids is 1. The van der Waals surface area contributed by atoms with Crippen molar-refractivity contribution in [2.24, 2.45) is 0 Å². The van der Waals surface area contributed by atoms with Crippen LogP contribution in [0.4, 0.5) is 5.69 Å². The standard InChI is InChI=1S/C21H19N3O3/c1-13-11-15-5-3-4-6-19(15)24(13)20(25)18-12-17(22-21(26)23-18)14-7-9-16(27-2)10-8-14/h3-10,12-13H,11H2,1-2H3,(H,22,23,26). The first-order valence-corrected chi connectivity index (χ1v) is 8.74. The number of aromatic nitrogens is 2. The number of rotatable bonds is 3. The second kappa shape index (κ2) is 6.72. The van der Waals surface area contributed by atoms with Gasteiger partial charge in [-0.2, -0.15) is 4.98 Å². The molecule has 0 saturated carbocycles. The summed E-state index contributed by atoms with van der Waals surface area (Å²) in [4.78, 5) is 33.6. The molecule has 4 rings (SSSR count). The molecular formula is C21H19N3O3.